The lowest BCUT2D eigenvalue weighted by Crippen LogP contribution is -2.47. The Morgan fingerprint density at radius 3 is 2.57 bits per heavy atom. The standard InChI is InChI=1S/C14H15F3N2O2/c1-21-11-5-9-8(4-10(11)18)6-19(7-13(9)2-3-13)12(20)14(15,16)17/h4-5H,2-3,6-7,18H2,1H3. The summed E-state index contributed by atoms with van der Waals surface area (Å²) < 4.78 is 43.1. The van der Waals surface area contributed by atoms with Crippen molar-refractivity contribution in [3.05, 3.63) is 23.3 Å². The van der Waals surface area contributed by atoms with Crippen molar-refractivity contribution in [2.24, 2.45) is 0 Å². The molecule has 1 fully saturated rings. The van der Waals surface area contributed by atoms with Gasteiger partial charge in [0.2, 0.25) is 0 Å². The van der Waals surface area contributed by atoms with Crippen LogP contribution in [0.1, 0.15) is 24.0 Å². The average molecular weight is 300 g/mol. The van der Waals surface area contributed by atoms with Crippen LogP contribution in [0.3, 0.4) is 0 Å². The minimum absolute atomic E-state index is 0.0659. The van der Waals surface area contributed by atoms with E-state index in [2.05, 4.69) is 0 Å². The number of benzene rings is 1. The number of carbonyl (C=O) groups excluding carboxylic acids is 1. The molecule has 0 saturated heterocycles. The molecular formula is C14H15F3N2O2. The van der Waals surface area contributed by atoms with Gasteiger partial charge in [0.1, 0.15) is 5.75 Å². The molecule has 1 aliphatic carbocycles. The van der Waals surface area contributed by atoms with E-state index in [9.17, 15) is 18.0 Å². The number of hydrogen-bond acceptors (Lipinski definition) is 3. The lowest BCUT2D eigenvalue weighted by atomic mass is 9.86. The van der Waals surface area contributed by atoms with E-state index in [1.165, 1.54) is 7.11 Å². The first-order valence-corrected chi connectivity index (χ1v) is 6.60. The second kappa shape index (κ2) is 4.29. The predicted octanol–water partition coefficient (Wildman–Crippen LogP) is 2.21. The van der Waals surface area contributed by atoms with Gasteiger partial charge in [-0.3, -0.25) is 4.79 Å². The van der Waals surface area contributed by atoms with Crippen LogP contribution in [0.25, 0.3) is 0 Å². The van der Waals surface area contributed by atoms with Crippen LogP contribution in [-0.4, -0.2) is 30.6 Å². The maximum atomic E-state index is 12.6. The summed E-state index contributed by atoms with van der Waals surface area (Å²) in [5.74, 6) is -1.26. The van der Waals surface area contributed by atoms with E-state index in [1.807, 2.05) is 0 Å². The molecule has 0 radical (unpaired) electrons. The van der Waals surface area contributed by atoms with E-state index in [-0.39, 0.29) is 18.5 Å². The number of fused-ring (bicyclic) bond motifs is 2. The Hall–Kier alpha value is -1.92. The van der Waals surface area contributed by atoms with E-state index in [4.69, 9.17) is 10.5 Å². The molecule has 1 spiro atoms. The fourth-order valence-corrected chi connectivity index (χ4v) is 3.06. The van der Waals surface area contributed by atoms with Crippen LogP contribution in [-0.2, 0) is 16.8 Å². The Balaban J connectivity index is 2.00. The van der Waals surface area contributed by atoms with Gasteiger partial charge in [-0.2, -0.15) is 13.2 Å². The normalized spacial score (nSPS) is 19.3. The number of methoxy groups -OCH3 is 1. The summed E-state index contributed by atoms with van der Waals surface area (Å²) in [6, 6.07) is 3.41. The number of ether oxygens (including phenoxy) is 1. The summed E-state index contributed by atoms with van der Waals surface area (Å²) in [7, 11) is 1.50. The van der Waals surface area contributed by atoms with Crippen LogP contribution in [0.2, 0.25) is 0 Å². The molecule has 21 heavy (non-hydrogen) atoms. The number of carbonyl (C=O) groups is 1. The highest BCUT2D eigenvalue weighted by molar-refractivity contribution is 5.82. The molecule has 1 heterocycles. The van der Waals surface area contributed by atoms with Gasteiger partial charge in [0.15, 0.2) is 0 Å². The first-order valence-electron chi connectivity index (χ1n) is 6.60. The van der Waals surface area contributed by atoms with Gasteiger partial charge in [-0.15, -0.1) is 0 Å². The highest BCUT2D eigenvalue weighted by atomic mass is 19.4. The fourth-order valence-electron chi connectivity index (χ4n) is 3.06. The maximum absolute atomic E-state index is 12.6. The third kappa shape index (κ3) is 2.20. The molecule has 3 rings (SSSR count). The summed E-state index contributed by atoms with van der Waals surface area (Å²) in [6.45, 7) is 0.0367. The third-order valence-electron chi connectivity index (χ3n) is 4.26. The topological polar surface area (TPSA) is 55.6 Å². The van der Waals surface area contributed by atoms with Gasteiger partial charge in [0.25, 0.3) is 0 Å². The summed E-state index contributed by atoms with van der Waals surface area (Å²) >= 11 is 0. The molecule has 7 heteroatoms. The van der Waals surface area contributed by atoms with E-state index in [1.54, 1.807) is 12.1 Å². The lowest BCUT2D eigenvalue weighted by molar-refractivity contribution is -0.187. The second-order valence-electron chi connectivity index (χ2n) is 5.69. The number of nitrogens with zero attached hydrogens (tertiary/aromatic N) is 1. The molecule has 0 atom stereocenters. The molecule has 0 unspecified atom stereocenters. The molecule has 114 valence electrons. The smallest absolute Gasteiger partial charge is 0.471 e. The van der Waals surface area contributed by atoms with Gasteiger partial charge in [-0.25, -0.2) is 0 Å². The Morgan fingerprint density at radius 1 is 1.38 bits per heavy atom. The molecule has 1 saturated carbocycles. The van der Waals surface area contributed by atoms with E-state index >= 15 is 0 Å². The number of nitrogens with two attached hydrogens (primary N) is 1. The molecule has 2 aliphatic rings. The van der Waals surface area contributed by atoms with Gasteiger partial charge in [-0.1, -0.05) is 0 Å². The van der Waals surface area contributed by atoms with Crippen molar-refractivity contribution in [3.8, 4) is 5.75 Å². The molecule has 1 aromatic carbocycles. The average Bonchev–Trinajstić information content (AvgIpc) is 3.16. The highest BCUT2D eigenvalue weighted by Gasteiger charge is 2.53. The van der Waals surface area contributed by atoms with Crippen molar-refractivity contribution >= 4 is 11.6 Å². The Kier molecular flexibility index (Phi) is 2.86. The summed E-state index contributed by atoms with van der Waals surface area (Å²) in [5, 5.41) is 0. The van der Waals surface area contributed by atoms with Gasteiger partial charge < -0.3 is 15.4 Å². The summed E-state index contributed by atoms with van der Waals surface area (Å²) in [5.41, 5.74) is 7.46. The largest absolute Gasteiger partial charge is 0.495 e. The molecule has 1 aromatic rings. The quantitative estimate of drug-likeness (QED) is 0.809. The Bertz CT molecular complexity index is 609. The van der Waals surface area contributed by atoms with Crippen LogP contribution < -0.4 is 10.5 Å². The highest BCUT2D eigenvalue weighted by Crippen LogP contribution is 2.54. The van der Waals surface area contributed by atoms with Crippen molar-refractivity contribution in [2.75, 3.05) is 19.4 Å². The number of halogens is 3. The van der Waals surface area contributed by atoms with Crippen molar-refractivity contribution < 1.29 is 22.7 Å². The molecule has 1 aliphatic heterocycles. The third-order valence-corrected chi connectivity index (χ3v) is 4.26. The number of anilines is 1. The fraction of sp³-hybridized carbons (Fsp3) is 0.500. The lowest BCUT2D eigenvalue weighted by Gasteiger charge is -2.35. The van der Waals surface area contributed by atoms with Crippen LogP contribution >= 0.6 is 0 Å². The zero-order valence-electron chi connectivity index (χ0n) is 11.5. The first-order chi connectivity index (χ1) is 9.77. The van der Waals surface area contributed by atoms with Crippen LogP contribution in [0.4, 0.5) is 18.9 Å². The molecule has 1 amide bonds. The minimum atomic E-state index is -4.84. The maximum Gasteiger partial charge on any atom is 0.471 e. The number of nitrogen functional groups attached to an aromatic ring is 1. The van der Waals surface area contributed by atoms with Gasteiger partial charge in [-0.05, 0) is 36.1 Å². The van der Waals surface area contributed by atoms with Crippen LogP contribution in [0.15, 0.2) is 12.1 Å². The zero-order valence-corrected chi connectivity index (χ0v) is 11.5. The van der Waals surface area contributed by atoms with E-state index in [0.29, 0.717) is 17.0 Å². The van der Waals surface area contributed by atoms with E-state index in [0.717, 1.165) is 23.3 Å². The Morgan fingerprint density at radius 2 is 2.05 bits per heavy atom. The van der Waals surface area contributed by atoms with Gasteiger partial charge >= 0.3 is 12.1 Å². The predicted molar refractivity (Wildman–Crippen MR) is 69.8 cm³/mol. The van der Waals surface area contributed by atoms with Crippen molar-refractivity contribution in [3.63, 3.8) is 0 Å². The van der Waals surface area contributed by atoms with Crippen molar-refractivity contribution in [1.82, 2.24) is 4.90 Å². The Labute approximate surface area is 119 Å². The first kappa shape index (κ1) is 14.0. The number of amides is 1. The molecule has 0 bridgehead atoms. The SMILES string of the molecule is COc1cc2c(cc1N)CN(C(=O)C(F)(F)F)CC21CC1. The number of alkyl halides is 3. The zero-order chi connectivity index (χ0) is 15.4. The second-order valence-corrected chi connectivity index (χ2v) is 5.69. The van der Waals surface area contributed by atoms with Crippen LogP contribution in [0.5, 0.6) is 5.75 Å². The van der Waals surface area contributed by atoms with E-state index < -0.39 is 12.1 Å². The molecule has 2 N–H and O–H groups in total. The van der Waals surface area contributed by atoms with Crippen molar-refractivity contribution in [2.45, 2.75) is 31.0 Å². The van der Waals surface area contributed by atoms with Crippen molar-refractivity contribution in [1.29, 1.82) is 0 Å². The molecular weight excluding hydrogens is 285 g/mol. The summed E-state index contributed by atoms with van der Waals surface area (Å²) in [6.07, 6.45) is -3.30. The van der Waals surface area contributed by atoms with Gasteiger partial charge in [0, 0.05) is 18.5 Å². The molecule has 0 aromatic heterocycles. The van der Waals surface area contributed by atoms with Gasteiger partial charge in [0.05, 0.1) is 12.8 Å². The summed E-state index contributed by atoms with van der Waals surface area (Å²) in [4.78, 5) is 12.4. The van der Waals surface area contributed by atoms with Crippen LogP contribution in [0, 0.1) is 0 Å². The molecule has 4 nitrogen and oxygen atoms in total. The number of rotatable bonds is 1. The monoisotopic (exact) mass is 300 g/mol. The number of hydrogen-bond donors (Lipinski definition) is 1. The minimum Gasteiger partial charge on any atom is -0.495 e.